The summed E-state index contributed by atoms with van der Waals surface area (Å²) in [5.41, 5.74) is -0.591. The zero-order valence-corrected chi connectivity index (χ0v) is 15.8. The van der Waals surface area contributed by atoms with Crippen LogP contribution in [-0.2, 0) is 20.8 Å². The van der Waals surface area contributed by atoms with Crippen LogP contribution in [0.3, 0.4) is 0 Å². The Labute approximate surface area is 157 Å². The van der Waals surface area contributed by atoms with E-state index in [4.69, 9.17) is 0 Å². The molecular weight excluding hydrogens is 403 g/mol. The number of thiazole rings is 1. The summed E-state index contributed by atoms with van der Waals surface area (Å²) in [6, 6.07) is 2.83. The minimum atomic E-state index is -4.96. The number of nitrogens with zero attached hydrogens (tertiary/aromatic N) is 1. The van der Waals surface area contributed by atoms with Crippen molar-refractivity contribution in [2.24, 2.45) is 0 Å². The summed E-state index contributed by atoms with van der Waals surface area (Å²) in [6.45, 7) is 1.69. The highest BCUT2D eigenvalue weighted by Crippen LogP contribution is 2.45. The molecule has 0 bridgehead atoms. The minimum Gasteiger partial charge on any atom is -0.480 e. The van der Waals surface area contributed by atoms with E-state index in [-0.39, 0.29) is 18.4 Å². The van der Waals surface area contributed by atoms with Crippen molar-refractivity contribution in [2.45, 2.75) is 48.4 Å². The van der Waals surface area contributed by atoms with Gasteiger partial charge in [0.15, 0.2) is 14.6 Å². The number of aromatic nitrogens is 1. The normalized spacial score (nSPS) is 17.2. The number of carboxylic acids is 1. The highest BCUT2D eigenvalue weighted by Gasteiger charge is 2.55. The van der Waals surface area contributed by atoms with Gasteiger partial charge in [-0.05, 0) is 31.9 Å². The molecule has 0 spiro atoms. The fourth-order valence-electron chi connectivity index (χ4n) is 3.36. The van der Waals surface area contributed by atoms with E-state index in [0.29, 0.717) is 23.5 Å². The zero-order chi connectivity index (χ0) is 20.0. The van der Waals surface area contributed by atoms with Crippen molar-refractivity contribution in [3.05, 3.63) is 34.8 Å². The Morgan fingerprint density at radius 1 is 1.26 bits per heavy atom. The standard InChI is InChI=1S/C17H16F3NO4S2/c1-10-9-26-14(21-10)11-4-5-13(12(8-11)17(18,19)20)27(24,25)16(15(22)23)6-2-3-7-16/h4-5,8-9H,2-3,6-7H2,1H3,(H,22,23). The van der Waals surface area contributed by atoms with Gasteiger partial charge >= 0.3 is 12.1 Å². The summed E-state index contributed by atoms with van der Waals surface area (Å²) < 4.78 is 64.8. The largest absolute Gasteiger partial charge is 0.480 e. The van der Waals surface area contributed by atoms with Gasteiger partial charge in [0.2, 0.25) is 0 Å². The van der Waals surface area contributed by atoms with Gasteiger partial charge in [0.1, 0.15) is 5.01 Å². The highest BCUT2D eigenvalue weighted by molar-refractivity contribution is 7.93. The van der Waals surface area contributed by atoms with Crippen molar-refractivity contribution >= 4 is 27.1 Å². The number of halogens is 3. The molecule has 5 nitrogen and oxygen atoms in total. The van der Waals surface area contributed by atoms with Crippen LogP contribution in [0.2, 0.25) is 0 Å². The van der Waals surface area contributed by atoms with Crippen LogP contribution >= 0.6 is 11.3 Å². The van der Waals surface area contributed by atoms with E-state index in [1.54, 1.807) is 12.3 Å². The first-order valence-electron chi connectivity index (χ1n) is 8.11. The third-order valence-electron chi connectivity index (χ3n) is 4.76. The lowest BCUT2D eigenvalue weighted by Crippen LogP contribution is -2.44. The fourth-order valence-corrected chi connectivity index (χ4v) is 6.34. The Hall–Kier alpha value is -1.94. The molecule has 0 saturated heterocycles. The number of aliphatic carboxylic acids is 1. The molecule has 10 heteroatoms. The molecule has 1 aromatic heterocycles. The summed E-state index contributed by atoms with van der Waals surface area (Å²) in [4.78, 5) is 14.9. The molecule has 1 aliphatic carbocycles. The second-order valence-electron chi connectivity index (χ2n) is 6.51. The summed E-state index contributed by atoms with van der Waals surface area (Å²) in [6.07, 6.45) is -4.68. The van der Waals surface area contributed by atoms with E-state index >= 15 is 0 Å². The third kappa shape index (κ3) is 3.25. The number of aryl methyl sites for hydroxylation is 1. The number of carboxylic acid groups (broad SMARTS) is 1. The van der Waals surface area contributed by atoms with Crippen LogP contribution in [0.5, 0.6) is 0 Å². The summed E-state index contributed by atoms with van der Waals surface area (Å²) in [5, 5.41) is 11.5. The maximum absolute atomic E-state index is 13.7. The Balaban J connectivity index is 2.22. The zero-order valence-electron chi connectivity index (χ0n) is 14.2. The number of hydrogen-bond acceptors (Lipinski definition) is 5. The number of carbonyl (C=O) groups is 1. The van der Waals surface area contributed by atoms with Crippen molar-refractivity contribution in [1.82, 2.24) is 4.98 Å². The van der Waals surface area contributed by atoms with Crippen LogP contribution in [0.1, 0.15) is 36.9 Å². The first-order chi connectivity index (χ1) is 12.5. The van der Waals surface area contributed by atoms with Crippen LogP contribution in [0, 0.1) is 6.92 Å². The lowest BCUT2D eigenvalue weighted by molar-refractivity contribution is -0.141. The Kier molecular flexibility index (Phi) is 4.84. The average Bonchev–Trinajstić information content (AvgIpc) is 3.23. The number of hydrogen-bond donors (Lipinski definition) is 1. The number of sulfone groups is 1. The van der Waals surface area contributed by atoms with Crippen LogP contribution < -0.4 is 0 Å². The van der Waals surface area contributed by atoms with Gasteiger partial charge in [-0.3, -0.25) is 4.79 Å². The van der Waals surface area contributed by atoms with Crippen molar-refractivity contribution in [1.29, 1.82) is 0 Å². The maximum atomic E-state index is 13.7. The van der Waals surface area contributed by atoms with E-state index in [9.17, 15) is 31.5 Å². The van der Waals surface area contributed by atoms with E-state index in [0.717, 1.165) is 23.5 Å². The van der Waals surface area contributed by atoms with E-state index in [2.05, 4.69) is 4.98 Å². The molecule has 0 radical (unpaired) electrons. The molecule has 1 saturated carbocycles. The van der Waals surface area contributed by atoms with E-state index in [1.807, 2.05) is 0 Å². The summed E-state index contributed by atoms with van der Waals surface area (Å²) in [5.74, 6) is -1.60. The predicted molar refractivity (Wildman–Crippen MR) is 93.3 cm³/mol. The first kappa shape index (κ1) is 19.8. The van der Waals surface area contributed by atoms with Crippen LogP contribution in [-0.4, -0.2) is 29.2 Å². The molecule has 1 N–H and O–H groups in total. The monoisotopic (exact) mass is 419 g/mol. The van der Waals surface area contributed by atoms with Crippen molar-refractivity contribution in [2.75, 3.05) is 0 Å². The molecule has 0 amide bonds. The molecule has 0 atom stereocenters. The highest BCUT2D eigenvalue weighted by atomic mass is 32.2. The molecule has 0 aliphatic heterocycles. The second kappa shape index (κ2) is 6.59. The molecule has 0 unspecified atom stereocenters. The van der Waals surface area contributed by atoms with Gasteiger partial charge in [0.25, 0.3) is 0 Å². The summed E-state index contributed by atoms with van der Waals surface area (Å²) >= 11 is 1.14. The predicted octanol–water partition coefficient (Wildman–Crippen LogP) is 4.31. The lowest BCUT2D eigenvalue weighted by Gasteiger charge is -2.26. The van der Waals surface area contributed by atoms with Gasteiger partial charge < -0.3 is 5.11 Å². The molecule has 1 fully saturated rings. The van der Waals surface area contributed by atoms with Gasteiger partial charge in [0, 0.05) is 16.6 Å². The lowest BCUT2D eigenvalue weighted by atomic mass is 10.1. The van der Waals surface area contributed by atoms with Crippen LogP contribution in [0.15, 0.2) is 28.5 Å². The fraction of sp³-hybridized carbons (Fsp3) is 0.412. The van der Waals surface area contributed by atoms with Crippen molar-refractivity contribution in [3.8, 4) is 10.6 Å². The Morgan fingerprint density at radius 3 is 2.37 bits per heavy atom. The molecule has 1 aliphatic rings. The maximum Gasteiger partial charge on any atom is 0.417 e. The van der Waals surface area contributed by atoms with Crippen molar-refractivity contribution < 1.29 is 31.5 Å². The quantitative estimate of drug-likeness (QED) is 0.798. The van der Waals surface area contributed by atoms with E-state index in [1.165, 1.54) is 6.07 Å². The molecule has 146 valence electrons. The molecule has 3 rings (SSSR count). The molecule has 2 aromatic rings. The van der Waals surface area contributed by atoms with Crippen LogP contribution in [0.25, 0.3) is 10.6 Å². The topological polar surface area (TPSA) is 84.3 Å². The van der Waals surface area contributed by atoms with Gasteiger partial charge in [-0.15, -0.1) is 11.3 Å². The average molecular weight is 419 g/mol. The van der Waals surface area contributed by atoms with Gasteiger partial charge in [-0.25, -0.2) is 13.4 Å². The minimum absolute atomic E-state index is 0.134. The Bertz CT molecular complexity index is 990. The van der Waals surface area contributed by atoms with Gasteiger partial charge in [0.05, 0.1) is 10.5 Å². The molecular formula is C17H16F3NO4S2. The summed E-state index contributed by atoms with van der Waals surface area (Å²) in [7, 11) is -4.74. The number of rotatable bonds is 4. The van der Waals surface area contributed by atoms with Crippen LogP contribution in [0.4, 0.5) is 13.2 Å². The smallest absolute Gasteiger partial charge is 0.417 e. The van der Waals surface area contributed by atoms with Gasteiger partial charge in [-0.1, -0.05) is 18.9 Å². The number of benzene rings is 1. The molecule has 27 heavy (non-hydrogen) atoms. The SMILES string of the molecule is Cc1csc(-c2ccc(S(=O)(=O)C3(C(=O)O)CCCC3)c(C(F)(F)F)c2)n1. The molecule has 1 aromatic carbocycles. The third-order valence-corrected chi connectivity index (χ3v) is 8.31. The Morgan fingerprint density at radius 2 is 1.89 bits per heavy atom. The van der Waals surface area contributed by atoms with Crippen molar-refractivity contribution in [3.63, 3.8) is 0 Å². The second-order valence-corrected chi connectivity index (χ2v) is 9.60. The number of alkyl halides is 3. The van der Waals surface area contributed by atoms with E-state index < -0.39 is 37.2 Å². The molecule has 1 heterocycles. The van der Waals surface area contributed by atoms with Gasteiger partial charge in [-0.2, -0.15) is 13.2 Å². The first-order valence-corrected chi connectivity index (χ1v) is 10.5.